The summed E-state index contributed by atoms with van der Waals surface area (Å²) >= 11 is 0. The third-order valence-electron chi connectivity index (χ3n) is 5.83. The average molecular weight is 404 g/mol. The van der Waals surface area contributed by atoms with Gasteiger partial charge in [-0.05, 0) is 55.4 Å². The molecule has 0 saturated carbocycles. The Bertz CT molecular complexity index is 1060. The molecule has 0 unspecified atom stereocenters. The van der Waals surface area contributed by atoms with Crippen LogP contribution in [-0.2, 0) is 37.2 Å². The summed E-state index contributed by atoms with van der Waals surface area (Å²) in [5.74, 6) is 1.64. The molecule has 2 aromatic heterocycles. The molecule has 156 valence electrons. The number of nitriles is 1. The minimum atomic E-state index is 0.532. The van der Waals surface area contributed by atoms with Crippen LogP contribution in [0.1, 0.15) is 60.8 Å². The molecule has 2 heterocycles. The molecule has 0 fully saturated rings. The summed E-state index contributed by atoms with van der Waals surface area (Å²) in [5.41, 5.74) is 12.5. The number of aromatic nitrogens is 3. The van der Waals surface area contributed by atoms with Crippen molar-refractivity contribution in [2.24, 2.45) is 0 Å². The van der Waals surface area contributed by atoms with E-state index in [1.165, 1.54) is 23.9 Å². The molecule has 3 aromatic rings. The van der Waals surface area contributed by atoms with Crippen molar-refractivity contribution in [3.63, 3.8) is 0 Å². The molecule has 0 radical (unpaired) electrons. The minimum Gasteiger partial charge on any atom is -0.382 e. The number of aryl methyl sites for hydroxylation is 3. The number of rotatable bonds is 8. The first-order chi connectivity index (χ1) is 14.7. The summed E-state index contributed by atoms with van der Waals surface area (Å²) < 4.78 is 8.30. The zero-order valence-electron chi connectivity index (χ0n) is 17.7. The van der Waals surface area contributed by atoms with Gasteiger partial charge in [-0.2, -0.15) is 5.26 Å². The highest BCUT2D eigenvalue weighted by Crippen LogP contribution is 2.31. The number of ether oxygens (including phenoxy) is 1. The fraction of sp³-hybridized carbons (Fsp3) is 0.458. The molecular formula is C24H29N5O. The largest absolute Gasteiger partial charge is 0.382 e. The lowest BCUT2D eigenvalue weighted by molar-refractivity contribution is 0.113. The van der Waals surface area contributed by atoms with Gasteiger partial charge in [-0.25, -0.2) is 9.97 Å². The number of hydrogen-bond acceptors (Lipinski definition) is 5. The lowest BCUT2D eigenvalue weighted by atomic mass is 9.95. The van der Waals surface area contributed by atoms with E-state index in [4.69, 9.17) is 20.7 Å². The predicted molar refractivity (Wildman–Crippen MR) is 118 cm³/mol. The number of nitrogens with zero attached hydrogens (tertiary/aromatic N) is 4. The van der Waals surface area contributed by atoms with Crippen LogP contribution < -0.4 is 5.73 Å². The normalized spacial score (nSPS) is 13.3. The van der Waals surface area contributed by atoms with Crippen molar-refractivity contribution >= 4 is 16.9 Å². The highest BCUT2D eigenvalue weighted by molar-refractivity contribution is 5.89. The predicted octanol–water partition coefficient (Wildman–Crippen LogP) is 4.32. The van der Waals surface area contributed by atoms with Crippen molar-refractivity contribution in [3.8, 4) is 6.07 Å². The van der Waals surface area contributed by atoms with Gasteiger partial charge in [0.05, 0.1) is 30.4 Å². The van der Waals surface area contributed by atoms with Gasteiger partial charge in [0.1, 0.15) is 11.3 Å². The van der Waals surface area contributed by atoms with E-state index in [-0.39, 0.29) is 0 Å². The molecule has 1 aliphatic rings. The molecule has 30 heavy (non-hydrogen) atoms. The first kappa shape index (κ1) is 20.4. The maximum Gasteiger partial charge on any atom is 0.151 e. The van der Waals surface area contributed by atoms with Gasteiger partial charge >= 0.3 is 0 Å². The van der Waals surface area contributed by atoms with Gasteiger partial charge in [0, 0.05) is 18.7 Å². The summed E-state index contributed by atoms with van der Waals surface area (Å²) in [6.45, 7) is 4.08. The second-order valence-electron chi connectivity index (χ2n) is 7.97. The van der Waals surface area contributed by atoms with Crippen LogP contribution >= 0.6 is 0 Å². The van der Waals surface area contributed by atoms with Gasteiger partial charge in [-0.1, -0.05) is 25.5 Å². The SMILES string of the molecule is CCCCc1nc2c(N)nc3c(c2n1CCOCc1ccc(C#N)cc1)CCCC3. The zero-order chi connectivity index (χ0) is 20.9. The Morgan fingerprint density at radius 2 is 1.97 bits per heavy atom. The molecule has 6 nitrogen and oxygen atoms in total. The zero-order valence-corrected chi connectivity index (χ0v) is 17.7. The summed E-state index contributed by atoms with van der Waals surface area (Å²) in [6, 6.07) is 9.69. The standard InChI is InChI=1S/C24H29N5O/c1-2-3-8-21-28-22-23(19-6-4-5-7-20(19)27-24(22)26)29(21)13-14-30-16-18-11-9-17(15-25)10-12-18/h9-12H,2-8,13-14,16H2,1H3,(H2,26,27). The van der Waals surface area contributed by atoms with Crippen molar-refractivity contribution < 1.29 is 4.74 Å². The van der Waals surface area contributed by atoms with Crippen LogP contribution in [0.3, 0.4) is 0 Å². The number of pyridine rings is 1. The van der Waals surface area contributed by atoms with Crippen LogP contribution in [-0.4, -0.2) is 21.1 Å². The third-order valence-corrected chi connectivity index (χ3v) is 5.83. The Kier molecular flexibility index (Phi) is 6.29. The molecule has 4 rings (SSSR count). The number of unbranched alkanes of at least 4 members (excludes halogenated alkanes) is 1. The van der Waals surface area contributed by atoms with Crippen LogP contribution in [0.15, 0.2) is 24.3 Å². The van der Waals surface area contributed by atoms with Crippen LogP contribution in [0, 0.1) is 11.3 Å². The molecular weight excluding hydrogens is 374 g/mol. The molecule has 1 aliphatic carbocycles. The Morgan fingerprint density at radius 1 is 1.17 bits per heavy atom. The van der Waals surface area contributed by atoms with Gasteiger partial charge in [0.25, 0.3) is 0 Å². The fourth-order valence-electron chi connectivity index (χ4n) is 4.24. The maximum absolute atomic E-state index is 8.92. The van der Waals surface area contributed by atoms with E-state index < -0.39 is 0 Å². The van der Waals surface area contributed by atoms with Gasteiger partial charge in [-0.3, -0.25) is 0 Å². The highest BCUT2D eigenvalue weighted by atomic mass is 16.5. The maximum atomic E-state index is 8.92. The molecule has 2 N–H and O–H groups in total. The first-order valence-electron chi connectivity index (χ1n) is 10.9. The van der Waals surface area contributed by atoms with Crippen LogP contribution in [0.4, 0.5) is 5.82 Å². The van der Waals surface area contributed by atoms with E-state index >= 15 is 0 Å². The van der Waals surface area contributed by atoms with Gasteiger partial charge in [0.2, 0.25) is 0 Å². The van der Waals surface area contributed by atoms with E-state index in [0.29, 0.717) is 24.6 Å². The molecule has 6 heteroatoms. The van der Waals surface area contributed by atoms with Crippen LogP contribution in [0.25, 0.3) is 11.0 Å². The number of nitrogen functional groups attached to an aromatic ring is 1. The van der Waals surface area contributed by atoms with Gasteiger partial charge in [-0.15, -0.1) is 0 Å². The van der Waals surface area contributed by atoms with Gasteiger partial charge < -0.3 is 15.0 Å². The van der Waals surface area contributed by atoms with E-state index in [9.17, 15) is 0 Å². The van der Waals surface area contributed by atoms with Crippen molar-refractivity contribution in [2.75, 3.05) is 12.3 Å². The summed E-state index contributed by atoms with van der Waals surface area (Å²) in [5, 5.41) is 8.92. The topological polar surface area (TPSA) is 89.8 Å². The number of fused-ring (bicyclic) bond motifs is 3. The molecule has 0 atom stereocenters. The quantitative estimate of drug-likeness (QED) is 0.566. The van der Waals surface area contributed by atoms with Crippen molar-refractivity contribution in [1.82, 2.24) is 14.5 Å². The Morgan fingerprint density at radius 3 is 2.73 bits per heavy atom. The lowest BCUT2D eigenvalue weighted by Gasteiger charge is -2.18. The Hall–Kier alpha value is -2.91. The number of anilines is 1. The minimum absolute atomic E-state index is 0.532. The number of nitrogens with two attached hydrogens (primary N) is 1. The molecule has 1 aromatic carbocycles. The molecule has 0 bridgehead atoms. The molecule has 0 amide bonds. The number of hydrogen-bond donors (Lipinski definition) is 1. The molecule has 0 saturated heterocycles. The average Bonchev–Trinajstić information content (AvgIpc) is 3.15. The van der Waals surface area contributed by atoms with E-state index in [0.717, 1.165) is 61.2 Å². The van der Waals surface area contributed by atoms with Crippen LogP contribution in [0.5, 0.6) is 0 Å². The lowest BCUT2D eigenvalue weighted by Crippen LogP contribution is -2.13. The smallest absolute Gasteiger partial charge is 0.151 e. The fourth-order valence-corrected chi connectivity index (χ4v) is 4.24. The second-order valence-corrected chi connectivity index (χ2v) is 7.97. The molecule has 0 aliphatic heterocycles. The monoisotopic (exact) mass is 403 g/mol. The summed E-state index contributed by atoms with van der Waals surface area (Å²) in [6.07, 6.45) is 7.59. The Labute approximate surface area is 177 Å². The van der Waals surface area contributed by atoms with Crippen molar-refractivity contribution in [3.05, 3.63) is 52.5 Å². The van der Waals surface area contributed by atoms with E-state index in [1.54, 1.807) is 0 Å². The number of imidazole rings is 1. The summed E-state index contributed by atoms with van der Waals surface area (Å²) in [7, 11) is 0. The van der Waals surface area contributed by atoms with Crippen LogP contribution in [0.2, 0.25) is 0 Å². The summed E-state index contributed by atoms with van der Waals surface area (Å²) in [4.78, 5) is 9.58. The molecule has 0 spiro atoms. The number of benzene rings is 1. The Balaban J connectivity index is 1.56. The second kappa shape index (κ2) is 9.27. The highest BCUT2D eigenvalue weighted by Gasteiger charge is 2.22. The first-order valence-corrected chi connectivity index (χ1v) is 10.9. The van der Waals surface area contributed by atoms with Crippen molar-refractivity contribution in [1.29, 1.82) is 5.26 Å². The van der Waals surface area contributed by atoms with E-state index in [1.807, 2.05) is 24.3 Å². The van der Waals surface area contributed by atoms with Crippen molar-refractivity contribution in [2.45, 2.75) is 65.0 Å². The van der Waals surface area contributed by atoms with E-state index in [2.05, 4.69) is 22.5 Å². The van der Waals surface area contributed by atoms with Gasteiger partial charge in [0.15, 0.2) is 5.82 Å². The third kappa shape index (κ3) is 4.17.